The van der Waals surface area contributed by atoms with Crippen molar-refractivity contribution in [3.05, 3.63) is 34.6 Å². The highest BCUT2D eigenvalue weighted by Gasteiger charge is 2.11. The van der Waals surface area contributed by atoms with Crippen LogP contribution in [0.3, 0.4) is 0 Å². The van der Waals surface area contributed by atoms with Crippen LogP contribution in [0, 0.1) is 6.92 Å². The quantitative estimate of drug-likeness (QED) is 0.792. The molecular weight excluding hydrogens is 296 g/mol. The van der Waals surface area contributed by atoms with Crippen molar-refractivity contribution in [1.82, 2.24) is 19.6 Å². The number of halogens is 1. The van der Waals surface area contributed by atoms with E-state index in [1.165, 1.54) is 0 Å². The van der Waals surface area contributed by atoms with Gasteiger partial charge in [0, 0.05) is 5.56 Å². The Balaban J connectivity index is 2.07. The van der Waals surface area contributed by atoms with Crippen LogP contribution in [-0.2, 0) is 0 Å². The smallest absolute Gasteiger partial charge is 0.252 e. The summed E-state index contributed by atoms with van der Waals surface area (Å²) < 4.78 is 7.84. The molecular formula is C12H11BrN4O. The van der Waals surface area contributed by atoms with Crippen molar-refractivity contribution in [3.8, 4) is 17.1 Å². The fourth-order valence-electron chi connectivity index (χ4n) is 1.78. The minimum absolute atomic E-state index is 0.658. The SMILES string of the molecule is COc1ccc(-c2nc3nc(C)c(Br)n3[nH]2)cc1. The minimum atomic E-state index is 0.658. The third-order valence-electron chi connectivity index (χ3n) is 2.76. The van der Waals surface area contributed by atoms with E-state index in [4.69, 9.17) is 4.74 Å². The van der Waals surface area contributed by atoms with E-state index in [0.29, 0.717) is 5.78 Å². The predicted molar refractivity (Wildman–Crippen MR) is 71.8 cm³/mol. The molecule has 0 amide bonds. The van der Waals surface area contributed by atoms with Gasteiger partial charge in [-0.2, -0.15) is 4.98 Å². The molecule has 18 heavy (non-hydrogen) atoms. The van der Waals surface area contributed by atoms with Gasteiger partial charge < -0.3 is 4.74 Å². The average Bonchev–Trinajstić information content (AvgIpc) is 2.91. The lowest BCUT2D eigenvalue weighted by Crippen LogP contribution is -1.87. The van der Waals surface area contributed by atoms with Gasteiger partial charge >= 0.3 is 0 Å². The van der Waals surface area contributed by atoms with Crippen molar-refractivity contribution in [1.29, 1.82) is 0 Å². The molecule has 5 nitrogen and oxygen atoms in total. The van der Waals surface area contributed by atoms with Crippen molar-refractivity contribution in [2.75, 3.05) is 7.11 Å². The van der Waals surface area contributed by atoms with Crippen LogP contribution in [-0.4, -0.2) is 26.7 Å². The van der Waals surface area contributed by atoms with E-state index >= 15 is 0 Å². The maximum absolute atomic E-state index is 5.13. The van der Waals surface area contributed by atoms with Crippen molar-refractivity contribution in [2.24, 2.45) is 0 Å². The summed E-state index contributed by atoms with van der Waals surface area (Å²) in [7, 11) is 1.65. The molecule has 0 spiro atoms. The van der Waals surface area contributed by atoms with Gasteiger partial charge in [0.25, 0.3) is 5.78 Å². The molecule has 2 aromatic heterocycles. The van der Waals surface area contributed by atoms with Crippen molar-refractivity contribution < 1.29 is 4.74 Å². The average molecular weight is 307 g/mol. The molecule has 0 saturated heterocycles. The molecule has 0 unspecified atom stereocenters. The fourth-order valence-corrected chi connectivity index (χ4v) is 2.11. The number of nitrogens with zero attached hydrogens (tertiary/aromatic N) is 3. The van der Waals surface area contributed by atoms with Gasteiger partial charge in [-0.3, -0.25) is 5.10 Å². The van der Waals surface area contributed by atoms with Crippen LogP contribution in [0.5, 0.6) is 5.75 Å². The van der Waals surface area contributed by atoms with E-state index in [-0.39, 0.29) is 0 Å². The maximum atomic E-state index is 5.13. The predicted octanol–water partition coefficient (Wildman–Crippen LogP) is 2.80. The van der Waals surface area contributed by atoms with Gasteiger partial charge in [-0.25, -0.2) is 9.50 Å². The summed E-state index contributed by atoms with van der Waals surface area (Å²) in [6, 6.07) is 7.72. The van der Waals surface area contributed by atoms with Gasteiger partial charge in [0.2, 0.25) is 0 Å². The molecule has 0 aliphatic carbocycles. The standard InChI is InChI=1S/C12H11BrN4O/c1-7-10(13)17-12(14-7)15-11(16-17)8-3-5-9(18-2)6-4-8/h3-6H,1-2H3,(H,14,15,16). The Labute approximate surface area is 112 Å². The van der Waals surface area contributed by atoms with E-state index in [9.17, 15) is 0 Å². The third kappa shape index (κ3) is 1.69. The molecule has 6 heteroatoms. The lowest BCUT2D eigenvalue weighted by molar-refractivity contribution is 0.415. The number of aryl methyl sites for hydroxylation is 1. The lowest BCUT2D eigenvalue weighted by Gasteiger charge is -2.00. The van der Waals surface area contributed by atoms with E-state index in [0.717, 1.165) is 27.4 Å². The van der Waals surface area contributed by atoms with Gasteiger partial charge in [0.05, 0.1) is 12.8 Å². The number of H-pyrrole nitrogens is 1. The first kappa shape index (κ1) is 11.3. The molecule has 0 aliphatic rings. The van der Waals surface area contributed by atoms with Crippen molar-refractivity contribution >= 4 is 21.7 Å². The number of imidazole rings is 1. The van der Waals surface area contributed by atoms with Crippen molar-refractivity contribution in [2.45, 2.75) is 6.92 Å². The van der Waals surface area contributed by atoms with Crippen LogP contribution < -0.4 is 4.74 Å². The molecule has 1 N–H and O–H groups in total. The number of aromatic amines is 1. The summed E-state index contributed by atoms with van der Waals surface area (Å²) in [5.41, 5.74) is 1.90. The number of fused-ring (bicyclic) bond motifs is 1. The van der Waals surface area contributed by atoms with E-state index in [2.05, 4.69) is 31.0 Å². The number of rotatable bonds is 2. The molecule has 0 atom stereocenters. The second kappa shape index (κ2) is 4.13. The molecule has 3 rings (SSSR count). The first-order valence-electron chi connectivity index (χ1n) is 5.44. The number of methoxy groups -OCH3 is 1. The number of ether oxygens (including phenoxy) is 1. The summed E-state index contributed by atoms with van der Waals surface area (Å²) >= 11 is 3.47. The van der Waals surface area contributed by atoms with Gasteiger partial charge in [-0.15, -0.1) is 0 Å². The van der Waals surface area contributed by atoms with Crippen LogP contribution in [0.15, 0.2) is 28.9 Å². The molecule has 92 valence electrons. The number of nitrogens with one attached hydrogen (secondary N) is 1. The first-order valence-corrected chi connectivity index (χ1v) is 6.23. The number of hydrogen-bond donors (Lipinski definition) is 1. The molecule has 0 fully saturated rings. The van der Waals surface area contributed by atoms with Crippen LogP contribution in [0.4, 0.5) is 0 Å². The third-order valence-corrected chi connectivity index (χ3v) is 3.68. The minimum Gasteiger partial charge on any atom is -0.497 e. The monoisotopic (exact) mass is 306 g/mol. The van der Waals surface area contributed by atoms with E-state index in [1.54, 1.807) is 7.11 Å². The summed E-state index contributed by atoms with van der Waals surface area (Å²) in [4.78, 5) is 8.79. The lowest BCUT2D eigenvalue weighted by atomic mass is 10.2. The number of hydrogen-bond acceptors (Lipinski definition) is 3. The summed E-state index contributed by atoms with van der Waals surface area (Å²) in [5.74, 6) is 2.26. The highest BCUT2D eigenvalue weighted by Crippen LogP contribution is 2.22. The van der Waals surface area contributed by atoms with Crippen LogP contribution >= 0.6 is 15.9 Å². The summed E-state index contributed by atoms with van der Waals surface area (Å²) in [6.07, 6.45) is 0. The fraction of sp³-hybridized carbons (Fsp3) is 0.167. The molecule has 0 bridgehead atoms. The molecule has 0 aliphatic heterocycles. The molecule has 2 heterocycles. The van der Waals surface area contributed by atoms with Crippen LogP contribution in [0.25, 0.3) is 17.2 Å². The molecule has 0 radical (unpaired) electrons. The topological polar surface area (TPSA) is 55.2 Å². The summed E-state index contributed by atoms with van der Waals surface area (Å²) in [5, 5.41) is 3.19. The zero-order valence-electron chi connectivity index (χ0n) is 9.94. The highest BCUT2D eigenvalue weighted by atomic mass is 79.9. The molecule has 0 saturated carbocycles. The first-order chi connectivity index (χ1) is 8.69. The van der Waals surface area contributed by atoms with Crippen LogP contribution in [0.2, 0.25) is 0 Å². The number of aromatic nitrogens is 4. The second-order valence-corrected chi connectivity index (χ2v) is 4.68. The molecule has 3 aromatic rings. The molecule has 1 aromatic carbocycles. The normalized spacial score (nSPS) is 11.1. The Morgan fingerprint density at radius 2 is 1.94 bits per heavy atom. The Morgan fingerprint density at radius 1 is 1.22 bits per heavy atom. The highest BCUT2D eigenvalue weighted by molar-refractivity contribution is 9.10. The van der Waals surface area contributed by atoms with Crippen molar-refractivity contribution in [3.63, 3.8) is 0 Å². The van der Waals surface area contributed by atoms with Gasteiger partial charge in [0.1, 0.15) is 10.4 Å². The van der Waals surface area contributed by atoms with Crippen LogP contribution in [0.1, 0.15) is 5.69 Å². The van der Waals surface area contributed by atoms with Gasteiger partial charge in [-0.05, 0) is 47.1 Å². The van der Waals surface area contributed by atoms with Gasteiger partial charge in [0.15, 0.2) is 5.82 Å². The second-order valence-electron chi connectivity index (χ2n) is 3.92. The van der Waals surface area contributed by atoms with Gasteiger partial charge in [-0.1, -0.05) is 0 Å². The zero-order valence-corrected chi connectivity index (χ0v) is 11.5. The number of benzene rings is 1. The maximum Gasteiger partial charge on any atom is 0.252 e. The Morgan fingerprint density at radius 3 is 2.56 bits per heavy atom. The largest absolute Gasteiger partial charge is 0.497 e. The summed E-state index contributed by atoms with van der Waals surface area (Å²) in [6.45, 7) is 1.93. The Hall–Kier alpha value is -1.82. The zero-order chi connectivity index (χ0) is 12.7. The van der Waals surface area contributed by atoms with E-state index < -0.39 is 0 Å². The Bertz CT molecular complexity index is 699. The Kier molecular flexibility index (Phi) is 2.59. The van der Waals surface area contributed by atoms with E-state index in [1.807, 2.05) is 35.7 Å².